The fraction of sp³-hybridized carbons (Fsp3) is 0.174. The Morgan fingerprint density at radius 1 is 0.967 bits per heavy atom. The molecule has 0 aliphatic carbocycles. The van der Waals surface area contributed by atoms with E-state index in [-0.39, 0.29) is 11.1 Å². The molecule has 0 amide bonds. The molecule has 0 radical (unpaired) electrons. The molecular formula is C23H21N3O4. The zero-order valence-corrected chi connectivity index (χ0v) is 17.0. The Balaban J connectivity index is 1.91. The van der Waals surface area contributed by atoms with Crippen LogP contribution >= 0.6 is 0 Å². The van der Waals surface area contributed by atoms with E-state index >= 15 is 0 Å². The first-order chi connectivity index (χ1) is 14.5. The van der Waals surface area contributed by atoms with Gasteiger partial charge in [-0.1, -0.05) is 19.1 Å². The number of carbonyl (C=O) groups excluding carboxylic acids is 1. The molecule has 0 atom stereocenters. The van der Waals surface area contributed by atoms with Gasteiger partial charge >= 0.3 is 5.97 Å². The summed E-state index contributed by atoms with van der Waals surface area (Å²) in [6.07, 6.45) is 4.26. The monoisotopic (exact) mass is 403 g/mol. The van der Waals surface area contributed by atoms with Gasteiger partial charge in [0.1, 0.15) is 17.0 Å². The summed E-state index contributed by atoms with van der Waals surface area (Å²) in [4.78, 5) is 25.6. The number of fused-ring (bicyclic) bond motifs is 1. The fourth-order valence-electron chi connectivity index (χ4n) is 3.32. The molecule has 0 aromatic heterocycles. The van der Waals surface area contributed by atoms with Gasteiger partial charge in [-0.3, -0.25) is 4.79 Å². The molecule has 2 aromatic rings. The van der Waals surface area contributed by atoms with Crippen LogP contribution in [0.4, 0.5) is 0 Å². The highest BCUT2D eigenvalue weighted by molar-refractivity contribution is 5.96. The summed E-state index contributed by atoms with van der Waals surface area (Å²) in [5.74, 6) is 0.116. The van der Waals surface area contributed by atoms with Crippen molar-refractivity contribution in [2.75, 3.05) is 14.2 Å². The van der Waals surface area contributed by atoms with Crippen LogP contribution in [0.3, 0.4) is 0 Å². The van der Waals surface area contributed by atoms with E-state index in [1.165, 1.54) is 17.4 Å². The summed E-state index contributed by atoms with van der Waals surface area (Å²) in [6, 6.07) is 14.9. The second-order valence-corrected chi connectivity index (χ2v) is 6.77. The summed E-state index contributed by atoms with van der Waals surface area (Å²) >= 11 is 0. The number of ether oxygens (including phenoxy) is 2. The SMILES string of the molecule is CCc1ccc(-n2cc(C(=O)OC)c3nn(-c4ccc(OC)cc4)c(=O)c-3c2)cc1. The van der Waals surface area contributed by atoms with Gasteiger partial charge in [-0.2, -0.15) is 9.78 Å². The summed E-state index contributed by atoms with van der Waals surface area (Å²) < 4.78 is 13.1. The Morgan fingerprint density at radius 3 is 2.23 bits per heavy atom. The smallest absolute Gasteiger partial charge is 0.341 e. The topological polar surface area (TPSA) is 75.3 Å². The second kappa shape index (κ2) is 7.87. The molecule has 152 valence electrons. The minimum atomic E-state index is -0.557. The summed E-state index contributed by atoms with van der Waals surface area (Å²) in [5.41, 5.74) is 3.13. The van der Waals surface area contributed by atoms with Crippen LogP contribution in [-0.4, -0.2) is 34.5 Å². The molecule has 2 heterocycles. The number of esters is 1. The minimum absolute atomic E-state index is 0.221. The van der Waals surface area contributed by atoms with Gasteiger partial charge in [-0.25, -0.2) is 4.79 Å². The Kier molecular flexibility index (Phi) is 5.10. The molecule has 0 bridgehead atoms. The predicted molar refractivity (Wildman–Crippen MR) is 113 cm³/mol. The summed E-state index contributed by atoms with van der Waals surface area (Å²) in [7, 11) is 2.88. The van der Waals surface area contributed by atoms with Gasteiger partial charge in [0.2, 0.25) is 0 Å². The van der Waals surface area contributed by atoms with Gasteiger partial charge < -0.3 is 14.0 Å². The molecular weight excluding hydrogens is 382 g/mol. The second-order valence-electron chi connectivity index (χ2n) is 6.77. The maximum atomic E-state index is 13.1. The molecule has 4 rings (SSSR count). The van der Waals surface area contributed by atoms with Crippen molar-refractivity contribution in [2.24, 2.45) is 0 Å². The van der Waals surface area contributed by atoms with Crippen molar-refractivity contribution in [2.45, 2.75) is 13.3 Å². The quantitative estimate of drug-likeness (QED) is 0.477. The van der Waals surface area contributed by atoms with Crippen LogP contribution in [0.2, 0.25) is 0 Å². The van der Waals surface area contributed by atoms with E-state index in [1.807, 2.05) is 24.3 Å². The molecule has 0 N–H and O–H groups in total. The first kappa shape index (κ1) is 19.4. The number of aryl methyl sites for hydroxylation is 1. The largest absolute Gasteiger partial charge is 0.497 e. The molecule has 0 unspecified atom stereocenters. The number of carbonyl (C=O) groups is 1. The number of methoxy groups -OCH3 is 2. The zero-order valence-electron chi connectivity index (χ0n) is 17.0. The van der Waals surface area contributed by atoms with E-state index in [9.17, 15) is 9.59 Å². The Morgan fingerprint density at radius 2 is 1.63 bits per heavy atom. The number of pyridine rings is 1. The number of nitrogens with zero attached hydrogens (tertiary/aromatic N) is 3. The predicted octanol–water partition coefficient (Wildman–Crippen LogP) is 3.49. The van der Waals surface area contributed by atoms with E-state index in [1.54, 1.807) is 48.3 Å². The highest BCUT2D eigenvalue weighted by atomic mass is 16.5. The number of hydrogen-bond acceptors (Lipinski definition) is 5. The van der Waals surface area contributed by atoms with Crippen LogP contribution < -0.4 is 10.3 Å². The molecule has 0 spiro atoms. The fourth-order valence-corrected chi connectivity index (χ4v) is 3.32. The number of aromatic nitrogens is 3. The van der Waals surface area contributed by atoms with E-state index in [0.717, 1.165) is 12.1 Å². The molecule has 2 aromatic carbocycles. The van der Waals surface area contributed by atoms with E-state index in [2.05, 4.69) is 12.0 Å². The van der Waals surface area contributed by atoms with Crippen molar-refractivity contribution < 1.29 is 14.3 Å². The average molecular weight is 403 g/mol. The van der Waals surface area contributed by atoms with Crippen LogP contribution in [0.15, 0.2) is 65.7 Å². The van der Waals surface area contributed by atoms with Crippen molar-refractivity contribution in [3.8, 4) is 28.4 Å². The molecule has 2 aliphatic rings. The lowest BCUT2D eigenvalue weighted by atomic mass is 10.1. The maximum absolute atomic E-state index is 13.1. The minimum Gasteiger partial charge on any atom is -0.497 e. The Labute approximate surface area is 173 Å². The summed E-state index contributed by atoms with van der Waals surface area (Å²) in [5, 5.41) is 4.42. The van der Waals surface area contributed by atoms with E-state index < -0.39 is 5.97 Å². The standard InChI is InChI=1S/C23H21N3O4/c1-4-15-5-7-16(8-6-15)25-13-19-21(20(14-25)23(28)30-3)24-26(22(19)27)17-9-11-18(29-2)12-10-17/h5-14H,4H2,1-3H3. The van der Waals surface area contributed by atoms with Crippen LogP contribution in [-0.2, 0) is 11.2 Å². The molecule has 0 saturated carbocycles. The highest BCUT2D eigenvalue weighted by Crippen LogP contribution is 2.25. The molecule has 0 fully saturated rings. The lowest BCUT2D eigenvalue weighted by Gasteiger charge is -2.12. The number of rotatable bonds is 5. The molecule has 7 heteroatoms. The summed E-state index contributed by atoms with van der Waals surface area (Å²) in [6.45, 7) is 2.08. The Hall–Kier alpha value is -3.87. The Bertz CT molecular complexity index is 1220. The van der Waals surface area contributed by atoms with Gasteiger partial charge in [-0.15, -0.1) is 0 Å². The van der Waals surface area contributed by atoms with Crippen molar-refractivity contribution in [3.05, 3.63) is 82.4 Å². The van der Waals surface area contributed by atoms with Gasteiger partial charge in [0, 0.05) is 18.1 Å². The van der Waals surface area contributed by atoms with Crippen LogP contribution in [0.1, 0.15) is 22.8 Å². The lowest BCUT2D eigenvalue weighted by Crippen LogP contribution is -2.15. The van der Waals surface area contributed by atoms with Crippen molar-refractivity contribution in [3.63, 3.8) is 0 Å². The third-order valence-electron chi connectivity index (χ3n) is 5.03. The first-order valence-corrected chi connectivity index (χ1v) is 9.52. The van der Waals surface area contributed by atoms with E-state index in [0.29, 0.717) is 22.7 Å². The van der Waals surface area contributed by atoms with Gasteiger partial charge in [0.05, 0.1) is 25.5 Å². The average Bonchev–Trinajstić information content (AvgIpc) is 3.14. The van der Waals surface area contributed by atoms with Crippen molar-refractivity contribution in [1.82, 2.24) is 14.3 Å². The van der Waals surface area contributed by atoms with Gasteiger partial charge in [-0.05, 0) is 48.4 Å². The lowest BCUT2D eigenvalue weighted by molar-refractivity contribution is 0.0600. The van der Waals surface area contributed by atoms with Crippen molar-refractivity contribution >= 4 is 5.97 Å². The van der Waals surface area contributed by atoms with E-state index in [4.69, 9.17) is 9.47 Å². The molecule has 7 nitrogen and oxygen atoms in total. The number of hydrogen-bond donors (Lipinski definition) is 0. The highest BCUT2D eigenvalue weighted by Gasteiger charge is 2.25. The molecule has 0 saturated heterocycles. The molecule has 30 heavy (non-hydrogen) atoms. The van der Waals surface area contributed by atoms with Crippen LogP contribution in [0.25, 0.3) is 22.6 Å². The third-order valence-corrected chi connectivity index (χ3v) is 5.03. The zero-order chi connectivity index (χ0) is 21.3. The maximum Gasteiger partial charge on any atom is 0.341 e. The normalized spacial score (nSPS) is 10.9. The van der Waals surface area contributed by atoms with Gasteiger partial charge in [0.25, 0.3) is 5.56 Å². The number of benzene rings is 2. The van der Waals surface area contributed by atoms with Gasteiger partial charge in [0.15, 0.2) is 0 Å². The van der Waals surface area contributed by atoms with Crippen LogP contribution in [0.5, 0.6) is 5.75 Å². The first-order valence-electron chi connectivity index (χ1n) is 9.52. The van der Waals surface area contributed by atoms with Crippen molar-refractivity contribution in [1.29, 1.82) is 0 Å². The van der Waals surface area contributed by atoms with Crippen LogP contribution in [0, 0.1) is 0 Å². The third kappa shape index (κ3) is 3.34. The molecule has 2 aliphatic heterocycles.